The summed E-state index contributed by atoms with van der Waals surface area (Å²) in [5.74, 6) is 0.704. The van der Waals surface area contributed by atoms with Gasteiger partial charge < -0.3 is 4.42 Å². The van der Waals surface area contributed by atoms with E-state index in [9.17, 15) is 8.42 Å². The first-order valence-corrected chi connectivity index (χ1v) is 7.53. The lowest BCUT2D eigenvalue weighted by atomic mass is 10.3. The van der Waals surface area contributed by atoms with Crippen LogP contribution in [0.5, 0.6) is 0 Å². The van der Waals surface area contributed by atoms with Gasteiger partial charge in [-0.25, -0.2) is 13.4 Å². The number of benzene rings is 1. The first-order chi connectivity index (χ1) is 8.50. The quantitative estimate of drug-likeness (QED) is 0.904. The molecule has 6 heteroatoms. The van der Waals surface area contributed by atoms with E-state index in [4.69, 9.17) is 4.42 Å². The highest BCUT2D eigenvalue weighted by Crippen LogP contribution is 2.20. The van der Waals surface area contributed by atoms with Crippen LogP contribution in [0.3, 0.4) is 0 Å². The molecule has 98 valence electrons. The van der Waals surface area contributed by atoms with Gasteiger partial charge in [0.25, 0.3) is 0 Å². The number of fused-ring (bicyclic) bond motifs is 1. The number of hydrogen-bond donors (Lipinski definition) is 1. The van der Waals surface area contributed by atoms with Gasteiger partial charge in [-0.1, -0.05) is 13.3 Å². The van der Waals surface area contributed by atoms with Gasteiger partial charge >= 0.3 is 0 Å². The lowest BCUT2D eigenvalue weighted by Gasteiger charge is -2.06. The Bertz CT molecular complexity index is 646. The predicted octanol–water partition coefficient (Wildman–Crippen LogP) is 2.68. The molecule has 0 saturated heterocycles. The van der Waals surface area contributed by atoms with Crippen molar-refractivity contribution in [3.8, 4) is 0 Å². The molecular formula is C12H16N2O3S. The van der Waals surface area contributed by atoms with Crippen LogP contribution in [0.2, 0.25) is 0 Å². The normalized spacial score (nSPS) is 11.9. The molecule has 0 amide bonds. The van der Waals surface area contributed by atoms with Crippen molar-refractivity contribution in [2.24, 2.45) is 0 Å². The average Bonchev–Trinajstić information content (AvgIpc) is 2.65. The topological polar surface area (TPSA) is 72.2 Å². The molecule has 0 saturated carbocycles. The van der Waals surface area contributed by atoms with Crippen LogP contribution in [0.1, 0.15) is 25.7 Å². The molecule has 2 aromatic rings. The Kier molecular flexibility index (Phi) is 3.56. The van der Waals surface area contributed by atoms with E-state index in [1.807, 2.05) is 6.92 Å². The number of sulfonamides is 1. The Morgan fingerprint density at radius 2 is 2.17 bits per heavy atom. The van der Waals surface area contributed by atoms with Crippen molar-refractivity contribution in [1.82, 2.24) is 4.98 Å². The van der Waals surface area contributed by atoms with Gasteiger partial charge in [0.05, 0.1) is 11.4 Å². The number of aromatic nitrogens is 1. The molecule has 0 radical (unpaired) electrons. The van der Waals surface area contributed by atoms with E-state index < -0.39 is 10.0 Å². The third kappa shape index (κ3) is 3.01. The molecule has 0 aliphatic rings. The summed E-state index contributed by atoms with van der Waals surface area (Å²) in [5.41, 5.74) is 1.83. The first-order valence-electron chi connectivity index (χ1n) is 5.88. The van der Waals surface area contributed by atoms with Crippen molar-refractivity contribution in [1.29, 1.82) is 0 Å². The highest BCUT2D eigenvalue weighted by atomic mass is 32.2. The summed E-state index contributed by atoms with van der Waals surface area (Å²) >= 11 is 0. The van der Waals surface area contributed by atoms with Crippen molar-refractivity contribution < 1.29 is 12.8 Å². The SMILES string of the molecule is CCCCS(=O)(=O)Nc1ccc2oc(C)nc2c1. The monoisotopic (exact) mass is 268 g/mol. The molecule has 0 atom stereocenters. The fourth-order valence-electron chi connectivity index (χ4n) is 1.67. The van der Waals surface area contributed by atoms with Crippen molar-refractivity contribution in [2.45, 2.75) is 26.7 Å². The van der Waals surface area contributed by atoms with Gasteiger partial charge in [0.1, 0.15) is 5.52 Å². The number of unbranched alkanes of at least 4 members (excludes halogenated alkanes) is 1. The lowest BCUT2D eigenvalue weighted by molar-refractivity contribution is 0.561. The second-order valence-corrected chi connectivity index (χ2v) is 6.03. The minimum atomic E-state index is -3.27. The molecule has 5 nitrogen and oxygen atoms in total. The molecule has 1 aromatic carbocycles. The van der Waals surface area contributed by atoms with Crippen LogP contribution in [-0.4, -0.2) is 19.2 Å². The molecule has 0 spiro atoms. The van der Waals surface area contributed by atoms with E-state index in [-0.39, 0.29) is 5.75 Å². The van der Waals surface area contributed by atoms with Crippen molar-refractivity contribution in [3.05, 3.63) is 24.1 Å². The van der Waals surface area contributed by atoms with Gasteiger partial charge in [-0.15, -0.1) is 0 Å². The Hall–Kier alpha value is -1.56. The summed E-state index contributed by atoms with van der Waals surface area (Å²) in [6.07, 6.45) is 1.50. The molecule has 0 aliphatic carbocycles. The summed E-state index contributed by atoms with van der Waals surface area (Å²) < 4.78 is 31.4. The minimum Gasteiger partial charge on any atom is -0.441 e. The maximum atomic E-state index is 11.7. The van der Waals surface area contributed by atoms with Crippen molar-refractivity contribution in [2.75, 3.05) is 10.5 Å². The Balaban J connectivity index is 2.21. The lowest BCUT2D eigenvalue weighted by Crippen LogP contribution is -2.16. The van der Waals surface area contributed by atoms with Crippen LogP contribution in [0.25, 0.3) is 11.1 Å². The zero-order valence-electron chi connectivity index (χ0n) is 10.4. The second-order valence-electron chi connectivity index (χ2n) is 4.19. The second kappa shape index (κ2) is 4.97. The Labute approximate surface area is 106 Å². The summed E-state index contributed by atoms with van der Waals surface area (Å²) in [5, 5.41) is 0. The van der Waals surface area contributed by atoms with Gasteiger partial charge in [0.2, 0.25) is 10.0 Å². The molecule has 1 aromatic heterocycles. The highest BCUT2D eigenvalue weighted by molar-refractivity contribution is 7.92. The maximum absolute atomic E-state index is 11.7. The minimum absolute atomic E-state index is 0.138. The number of hydrogen-bond acceptors (Lipinski definition) is 4. The molecule has 0 aliphatic heterocycles. The Morgan fingerprint density at radius 3 is 2.89 bits per heavy atom. The Morgan fingerprint density at radius 1 is 1.39 bits per heavy atom. The molecule has 2 rings (SSSR count). The van der Waals surface area contributed by atoms with E-state index in [1.165, 1.54) is 0 Å². The van der Waals surface area contributed by atoms with Gasteiger partial charge in [-0.3, -0.25) is 4.72 Å². The molecular weight excluding hydrogens is 252 g/mol. The van der Waals surface area contributed by atoms with Crippen LogP contribution < -0.4 is 4.72 Å². The smallest absolute Gasteiger partial charge is 0.232 e. The predicted molar refractivity (Wildman–Crippen MR) is 71.1 cm³/mol. The molecule has 0 bridgehead atoms. The van der Waals surface area contributed by atoms with E-state index in [0.717, 1.165) is 6.42 Å². The zero-order chi connectivity index (χ0) is 13.2. The third-order valence-corrected chi connectivity index (χ3v) is 3.91. The fourth-order valence-corrected chi connectivity index (χ4v) is 2.93. The number of anilines is 1. The van der Waals surface area contributed by atoms with Crippen LogP contribution in [0, 0.1) is 6.92 Å². The average molecular weight is 268 g/mol. The number of oxazole rings is 1. The van der Waals surface area contributed by atoms with Crippen molar-refractivity contribution in [3.63, 3.8) is 0 Å². The summed E-state index contributed by atoms with van der Waals surface area (Å²) in [7, 11) is -3.27. The number of nitrogens with zero attached hydrogens (tertiary/aromatic N) is 1. The van der Waals surface area contributed by atoms with Crippen LogP contribution in [0.4, 0.5) is 5.69 Å². The van der Waals surface area contributed by atoms with Gasteiger partial charge in [0.15, 0.2) is 11.5 Å². The van der Waals surface area contributed by atoms with Gasteiger partial charge in [-0.05, 0) is 24.6 Å². The van der Waals surface area contributed by atoms with Gasteiger partial charge in [0, 0.05) is 6.92 Å². The van der Waals surface area contributed by atoms with Gasteiger partial charge in [-0.2, -0.15) is 0 Å². The highest BCUT2D eigenvalue weighted by Gasteiger charge is 2.11. The first kappa shape index (κ1) is 12.9. The summed E-state index contributed by atoms with van der Waals surface area (Å²) in [6, 6.07) is 5.07. The number of rotatable bonds is 5. The van der Waals surface area contributed by atoms with E-state index in [0.29, 0.717) is 29.1 Å². The molecule has 1 N–H and O–H groups in total. The van der Waals surface area contributed by atoms with Crippen molar-refractivity contribution >= 4 is 26.8 Å². The number of nitrogens with one attached hydrogen (secondary N) is 1. The third-order valence-electron chi connectivity index (χ3n) is 2.53. The van der Waals surface area contributed by atoms with Crippen LogP contribution in [-0.2, 0) is 10.0 Å². The molecule has 18 heavy (non-hydrogen) atoms. The molecule has 0 unspecified atom stereocenters. The maximum Gasteiger partial charge on any atom is 0.232 e. The van der Waals surface area contributed by atoms with E-state index in [2.05, 4.69) is 9.71 Å². The van der Waals surface area contributed by atoms with Crippen LogP contribution >= 0.6 is 0 Å². The standard InChI is InChI=1S/C12H16N2O3S/c1-3-4-7-18(15,16)14-10-5-6-12-11(8-10)13-9(2)17-12/h5-6,8,14H,3-4,7H2,1-2H3. The molecule has 1 heterocycles. The zero-order valence-corrected chi connectivity index (χ0v) is 11.3. The summed E-state index contributed by atoms with van der Waals surface area (Å²) in [6.45, 7) is 3.71. The largest absolute Gasteiger partial charge is 0.441 e. The number of aryl methyl sites for hydroxylation is 1. The fraction of sp³-hybridized carbons (Fsp3) is 0.417. The van der Waals surface area contributed by atoms with E-state index >= 15 is 0 Å². The van der Waals surface area contributed by atoms with Crippen LogP contribution in [0.15, 0.2) is 22.6 Å². The summed E-state index contributed by atoms with van der Waals surface area (Å²) in [4.78, 5) is 4.16. The van der Waals surface area contributed by atoms with E-state index in [1.54, 1.807) is 25.1 Å². The molecule has 0 fully saturated rings.